The van der Waals surface area contributed by atoms with E-state index in [9.17, 15) is 9.59 Å². The number of carbonyl (C=O) groups is 2. The normalized spacial score (nSPS) is 9.62. The Morgan fingerprint density at radius 2 is 1.88 bits per heavy atom. The molecule has 0 heterocycles. The van der Waals surface area contributed by atoms with Gasteiger partial charge in [0.25, 0.3) is 0 Å². The zero-order valence-corrected chi connectivity index (χ0v) is 8.69. The summed E-state index contributed by atoms with van der Waals surface area (Å²) < 4.78 is 0. The van der Waals surface area contributed by atoms with Crippen molar-refractivity contribution in [1.29, 1.82) is 0 Å². The van der Waals surface area contributed by atoms with Crippen molar-refractivity contribution in [1.82, 2.24) is 5.32 Å². The van der Waals surface area contributed by atoms with Crippen LogP contribution in [-0.2, 0) is 21.1 Å². The molecule has 0 aliphatic carbocycles. The predicted molar refractivity (Wildman–Crippen MR) is 56.6 cm³/mol. The Bertz CT molecular complexity index is 375. The highest BCUT2D eigenvalue weighted by Crippen LogP contribution is 2.09. The van der Waals surface area contributed by atoms with Crippen LogP contribution in [-0.4, -0.2) is 24.1 Å². The molecule has 1 rings (SSSR count). The van der Waals surface area contributed by atoms with Gasteiger partial charge in [0, 0.05) is 12.7 Å². The summed E-state index contributed by atoms with van der Waals surface area (Å²) in [6.07, 6.45) is 0. The Labute approximate surface area is 92.2 Å². The van der Waals surface area contributed by atoms with Crippen LogP contribution in [0.5, 0.6) is 0 Å². The third-order valence-corrected chi connectivity index (χ3v) is 1.88. The van der Waals surface area contributed by atoms with E-state index in [4.69, 9.17) is 5.26 Å². The van der Waals surface area contributed by atoms with Gasteiger partial charge in [-0.1, -0.05) is 12.1 Å². The maximum atomic E-state index is 11.2. The first-order valence-electron chi connectivity index (χ1n) is 4.55. The Kier molecular flexibility index (Phi) is 4.43. The molecule has 0 bridgehead atoms. The monoisotopic (exact) mass is 224 g/mol. The average molecular weight is 224 g/mol. The lowest BCUT2D eigenvalue weighted by Gasteiger charge is -2.04. The maximum Gasteiger partial charge on any atom is 0.313 e. The number of nitrogens with one attached hydrogen (secondary N) is 2. The second-order valence-corrected chi connectivity index (χ2v) is 3.00. The van der Waals surface area contributed by atoms with Crippen LogP contribution in [0.15, 0.2) is 24.3 Å². The van der Waals surface area contributed by atoms with E-state index < -0.39 is 11.8 Å². The molecule has 0 unspecified atom stereocenters. The van der Waals surface area contributed by atoms with Crippen LogP contribution >= 0.6 is 0 Å². The first-order valence-corrected chi connectivity index (χ1v) is 4.55. The minimum Gasteiger partial charge on any atom is -0.351 e. The van der Waals surface area contributed by atoms with Gasteiger partial charge in [0.1, 0.15) is 6.61 Å². The molecule has 0 radical (unpaired) electrons. The number of likely N-dealkylation sites (N-methyl/N-ethyl adjacent to an activating group) is 1. The summed E-state index contributed by atoms with van der Waals surface area (Å²) in [5.74, 6) is -1.43. The molecule has 0 aromatic heterocycles. The van der Waals surface area contributed by atoms with Crippen LogP contribution < -0.4 is 10.6 Å². The van der Waals surface area contributed by atoms with Crippen molar-refractivity contribution in [2.75, 3.05) is 12.4 Å². The van der Waals surface area contributed by atoms with Gasteiger partial charge >= 0.3 is 11.8 Å². The zero-order valence-electron chi connectivity index (χ0n) is 8.69. The Balaban J connectivity index is 2.61. The highest BCUT2D eigenvalue weighted by Gasteiger charge is 2.10. The molecule has 6 nitrogen and oxygen atoms in total. The number of hydrogen-bond acceptors (Lipinski definition) is 4. The van der Waals surface area contributed by atoms with Crippen molar-refractivity contribution in [2.45, 2.75) is 6.61 Å². The number of anilines is 1. The molecule has 0 saturated heterocycles. The second-order valence-electron chi connectivity index (χ2n) is 3.00. The van der Waals surface area contributed by atoms with Gasteiger partial charge in [0.05, 0.1) is 0 Å². The van der Waals surface area contributed by atoms with E-state index in [2.05, 4.69) is 15.5 Å². The Morgan fingerprint density at radius 1 is 1.25 bits per heavy atom. The molecule has 0 fully saturated rings. The summed E-state index contributed by atoms with van der Waals surface area (Å²) >= 11 is 0. The predicted octanol–water partition coefficient (Wildman–Crippen LogP) is 0.361. The maximum absolute atomic E-state index is 11.2. The Hall–Kier alpha value is -1.92. The van der Waals surface area contributed by atoms with Crippen molar-refractivity contribution in [3.8, 4) is 0 Å². The van der Waals surface area contributed by atoms with E-state index in [0.717, 1.165) is 5.56 Å². The van der Waals surface area contributed by atoms with Gasteiger partial charge in [0.2, 0.25) is 0 Å². The van der Waals surface area contributed by atoms with Crippen LogP contribution in [0.1, 0.15) is 5.56 Å². The number of benzene rings is 1. The molecule has 2 amide bonds. The number of carbonyl (C=O) groups excluding carboxylic acids is 2. The summed E-state index contributed by atoms with van der Waals surface area (Å²) in [6, 6.07) is 6.54. The van der Waals surface area contributed by atoms with Gasteiger partial charge in [-0.2, -0.15) is 0 Å². The molecule has 86 valence electrons. The standard InChI is InChI=1S/C10H12N2O4/c1-11-9(13)10(14)12-8-4-2-7(3-5-8)6-16-15/h2-5,15H,6H2,1H3,(H,11,13)(H,12,14). The molecule has 6 heteroatoms. The lowest BCUT2D eigenvalue weighted by molar-refractivity contribution is -0.253. The third kappa shape index (κ3) is 3.34. The lowest BCUT2D eigenvalue weighted by atomic mass is 10.2. The van der Waals surface area contributed by atoms with Gasteiger partial charge in [-0.3, -0.25) is 14.8 Å². The number of rotatable bonds is 3. The van der Waals surface area contributed by atoms with Gasteiger partial charge in [-0.25, -0.2) is 4.89 Å². The number of amides is 2. The van der Waals surface area contributed by atoms with Crippen molar-refractivity contribution in [3.05, 3.63) is 29.8 Å². The highest BCUT2D eigenvalue weighted by atomic mass is 17.1. The summed E-state index contributed by atoms with van der Waals surface area (Å²) in [5, 5.41) is 12.8. The molecule has 0 saturated carbocycles. The highest BCUT2D eigenvalue weighted by molar-refractivity contribution is 6.39. The van der Waals surface area contributed by atoms with Gasteiger partial charge < -0.3 is 10.6 Å². The van der Waals surface area contributed by atoms with E-state index in [-0.39, 0.29) is 6.61 Å². The first kappa shape index (κ1) is 12.2. The van der Waals surface area contributed by atoms with E-state index in [0.29, 0.717) is 5.69 Å². The molecule has 16 heavy (non-hydrogen) atoms. The molecule has 0 aliphatic rings. The SMILES string of the molecule is CNC(=O)C(=O)Nc1ccc(COO)cc1. The molecular weight excluding hydrogens is 212 g/mol. The van der Waals surface area contributed by atoms with Crippen molar-refractivity contribution < 1.29 is 19.7 Å². The summed E-state index contributed by atoms with van der Waals surface area (Å²) in [4.78, 5) is 26.0. The van der Waals surface area contributed by atoms with Crippen LogP contribution in [0.4, 0.5) is 5.69 Å². The largest absolute Gasteiger partial charge is 0.351 e. The topological polar surface area (TPSA) is 87.7 Å². The van der Waals surface area contributed by atoms with E-state index in [1.54, 1.807) is 24.3 Å². The fourth-order valence-electron chi connectivity index (χ4n) is 1.06. The molecule has 1 aromatic rings. The van der Waals surface area contributed by atoms with Crippen LogP contribution in [0, 0.1) is 0 Å². The first-order chi connectivity index (χ1) is 7.67. The summed E-state index contributed by atoms with van der Waals surface area (Å²) in [6.45, 7) is 0.0731. The fraction of sp³-hybridized carbons (Fsp3) is 0.200. The Morgan fingerprint density at radius 3 is 2.38 bits per heavy atom. The van der Waals surface area contributed by atoms with E-state index in [1.165, 1.54) is 7.05 Å². The van der Waals surface area contributed by atoms with E-state index in [1.807, 2.05) is 0 Å². The molecular formula is C10H12N2O4. The molecule has 3 N–H and O–H groups in total. The van der Waals surface area contributed by atoms with Gasteiger partial charge in [-0.15, -0.1) is 0 Å². The van der Waals surface area contributed by atoms with Crippen LogP contribution in [0.3, 0.4) is 0 Å². The molecule has 0 spiro atoms. The van der Waals surface area contributed by atoms with Crippen LogP contribution in [0.25, 0.3) is 0 Å². The van der Waals surface area contributed by atoms with Crippen molar-refractivity contribution in [3.63, 3.8) is 0 Å². The van der Waals surface area contributed by atoms with E-state index >= 15 is 0 Å². The lowest BCUT2D eigenvalue weighted by Crippen LogP contribution is -2.32. The minimum atomic E-state index is -0.728. The summed E-state index contributed by atoms with van der Waals surface area (Å²) in [7, 11) is 1.38. The van der Waals surface area contributed by atoms with Crippen molar-refractivity contribution in [2.24, 2.45) is 0 Å². The van der Waals surface area contributed by atoms with Crippen LogP contribution in [0.2, 0.25) is 0 Å². The quantitative estimate of drug-likeness (QED) is 0.393. The van der Waals surface area contributed by atoms with Crippen molar-refractivity contribution >= 4 is 17.5 Å². The van der Waals surface area contributed by atoms with Gasteiger partial charge in [0.15, 0.2) is 0 Å². The fourth-order valence-corrected chi connectivity index (χ4v) is 1.06. The van der Waals surface area contributed by atoms with Gasteiger partial charge in [-0.05, 0) is 17.7 Å². The zero-order chi connectivity index (χ0) is 12.0. The number of hydrogen-bond donors (Lipinski definition) is 3. The third-order valence-electron chi connectivity index (χ3n) is 1.88. The molecule has 0 atom stereocenters. The second kappa shape index (κ2) is 5.84. The average Bonchev–Trinajstić information content (AvgIpc) is 2.31. The minimum absolute atomic E-state index is 0.0731. The smallest absolute Gasteiger partial charge is 0.313 e. The molecule has 0 aliphatic heterocycles. The summed E-state index contributed by atoms with van der Waals surface area (Å²) in [5.41, 5.74) is 1.25. The molecule has 1 aromatic carbocycles.